The average Bonchev–Trinajstić information content (AvgIpc) is 3.32. The highest BCUT2D eigenvalue weighted by Gasteiger charge is 2.42. The Labute approximate surface area is 141 Å². The second-order valence-electron chi connectivity index (χ2n) is 7.44. The van der Waals surface area contributed by atoms with Crippen molar-refractivity contribution in [1.82, 2.24) is 20.3 Å². The van der Waals surface area contributed by atoms with Crippen LogP contribution in [-0.4, -0.2) is 26.9 Å². The standard InChI is InChI=1S/C18H24N4O2/c1-10(14-7-12-4-5-13(14)6-12)20-18(23)16-8-17(24-21-16)15-9-19-22(3)11(15)2/h8-10,12-14H,4-7H2,1-3H3,(H,20,23)/t10-,12-,13-,14-/m0/s1. The van der Waals surface area contributed by atoms with Crippen molar-refractivity contribution in [3.63, 3.8) is 0 Å². The van der Waals surface area contributed by atoms with Crippen LogP contribution in [0.1, 0.15) is 48.8 Å². The molecular formula is C18H24N4O2. The van der Waals surface area contributed by atoms with Gasteiger partial charge in [-0.1, -0.05) is 11.6 Å². The van der Waals surface area contributed by atoms with E-state index < -0.39 is 0 Å². The van der Waals surface area contributed by atoms with Gasteiger partial charge in [-0.05, 0) is 50.9 Å². The summed E-state index contributed by atoms with van der Waals surface area (Å²) in [5.74, 6) is 2.71. The van der Waals surface area contributed by atoms with Gasteiger partial charge in [0.05, 0.1) is 11.8 Å². The number of carbonyl (C=O) groups is 1. The molecule has 2 aliphatic rings. The Bertz CT molecular complexity index is 763. The van der Waals surface area contributed by atoms with E-state index in [0.29, 0.717) is 17.4 Å². The lowest BCUT2D eigenvalue weighted by atomic mass is 9.84. The van der Waals surface area contributed by atoms with E-state index >= 15 is 0 Å². The number of amides is 1. The molecule has 0 unspecified atom stereocenters. The lowest BCUT2D eigenvalue weighted by Crippen LogP contribution is -2.40. The molecule has 2 fully saturated rings. The number of carbonyl (C=O) groups excluding carboxylic acids is 1. The molecule has 0 aromatic carbocycles. The monoisotopic (exact) mass is 328 g/mol. The van der Waals surface area contributed by atoms with Crippen LogP contribution in [0.5, 0.6) is 0 Å². The van der Waals surface area contributed by atoms with Crippen molar-refractivity contribution in [2.24, 2.45) is 24.8 Å². The van der Waals surface area contributed by atoms with Crippen LogP contribution in [-0.2, 0) is 7.05 Å². The molecule has 6 nitrogen and oxygen atoms in total. The molecular weight excluding hydrogens is 304 g/mol. The van der Waals surface area contributed by atoms with E-state index in [1.165, 1.54) is 25.7 Å². The van der Waals surface area contributed by atoms with E-state index in [4.69, 9.17) is 4.52 Å². The fourth-order valence-corrected chi connectivity index (χ4v) is 4.54. The van der Waals surface area contributed by atoms with Gasteiger partial charge in [0.15, 0.2) is 11.5 Å². The summed E-state index contributed by atoms with van der Waals surface area (Å²) in [5, 5.41) is 11.3. The van der Waals surface area contributed by atoms with Crippen molar-refractivity contribution in [2.45, 2.75) is 45.6 Å². The molecule has 2 aromatic heterocycles. The van der Waals surface area contributed by atoms with Gasteiger partial charge in [0.2, 0.25) is 0 Å². The smallest absolute Gasteiger partial charge is 0.273 e. The highest BCUT2D eigenvalue weighted by molar-refractivity contribution is 5.93. The van der Waals surface area contributed by atoms with Crippen molar-refractivity contribution in [3.05, 3.63) is 23.7 Å². The third kappa shape index (κ3) is 2.54. The second-order valence-corrected chi connectivity index (χ2v) is 7.44. The van der Waals surface area contributed by atoms with Gasteiger partial charge < -0.3 is 9.84 Å². The molecule has 6 heteroatoms. The van der Waals surface area contributed by atoms with Gasteiger partial charge in [-0.3, -0.25) is 9.48 Å². The lowest BCUT2D eigenvalue weighted by molar-refractivity contribution is 0.0906. The van der Waals surface area contributed by atoms with E-state index in [1.54, 1.807) is 16.9 Å². The van der Waals surface area contributed by atoms with Crippen molar-refractivity contribution in [2.75, 3.05) is 0 Å². The maximum atomic E-state index is 12.5. The number of hydrogen-bond acceptors (Lipinski definition) is 4. The molecule has 2 aliphatic carbocycles. The summed E-state index contributed by atoms with van der Waals surface area (Å²) in [6.45, 7) is 4.08. The van der Waals surface area contributed by atoms with Crippen LogP contribution in [0.15, 0.2) is 16.8 Å². The summed E-state index contributed by atoms with van der Waals surface area (Å²) in [4.78, 5) is 12.5. The number of aromatic nitrogens is 3. The topological polar surface area (TPSA) is 73.0 Å². The first-order valence-corrected chi connectivity index (χ1v) is 8.79. The van der Waals surface area contributed by atoms with Crippen molar-refractivity contribution < 1.29 is 9.32 Å². The summed E-state index contributed by atoms with van der Waals surface area (Å²) in [6.07, 6.45) is 7.03. The first-order valence-electron chi connectivity index (χ1n) is 8.79. The predicted molar refractivity (Wildman–Crippen MR) is 89.3 cm³/mol. The largest absolute Gasteiger partial charge is 0.355 e. The number of aryl methyl sites for hydroxylation is 1. The minimum Gasteiger partial charge on any atom is -0.355 e. The number of rotatable bonds is 4. The minimum absolute atomic E-state index is 0.151. The van der Waals surface area contributed by atoms with Crippen LogP contribution in [0.4, 0.5) is 0 Å². The zero-order valence-corrected chi connectivity index (χ0v) is 14.5. The van der Waals surface area contributed by atoms with Crippen LogP contribution in [0, 0.1) is 24.7 Å². The van der Waals surface area contributed by atoms with Gasteiger partial charge in [-0.2, -0.15) is 5.10 Å². The third-order valence-electron chi connectivity index (χ3n) is 6.04. The normalized spacial score (nSPS) is 26.7. The first-order chi connectivity index (χ1) is 11.5. The first kappa shape index (κ1) is 15.4. The van der Waals surface area contributed by atoms with Crippen LogP contribution in [0.25, 0.3) is 11.3 Å². The summed E-state index contributed by atoms with van der Waals surface area (Å²) >= 11 is 0. The second kappa shape index (κ2) is 5.76. The van der Waals surface area contributed by atoms with Crippen LogP contribution in [0.3, 0.4) is 0 Å². The number of hydrogen-bond donors (Lipinski definition) is 1. The molecule has 0 aliphatic heterocycles. The molecule has 2 heterocycles. The fraction of sp³-hybridized carbons (Fsp3) is 0.611. The van der Waals surface area contributed by atoms with E-state index in [2.05, 4.69) is 22.5 Å². The molecule has 1 N–H and O–H groups in total. The van der Waals surface area contributed by atoms with Crippen LogP contribution in [0.2, 0.25) is 0 Å². The van der Waals surface area contributed by atoms with Crippen molar-refractivity contribution >= 4 is 5.91 Å². The molecule has 2 bridgehead atoms. The van der Waals surface area contributed by atoms with Crippen molar-refractivity contribution in [1.29, 1.82) is 0 Å². The molecule has 0 spiro atoms. The Balaban J connectivity index is 1.44. The van der Waals surface area contributed by atoms with Gasteiger partial charge >= 0.3 is 0 Å². The van der Waals surface area contributed by atoms with E-state index in [1.807, 2.05) is 14.0 Å². The predicted octanol–water partition coefficient (Wildman–Crippen LogP) is 2.94. The Morgan fingerprint density at radius 3 is 2.88 bits per heavy atom. The number of nitrogens with zero attached hydrogens (tertiary/aromatic N) is 3. The molecule has 24 heavy (non-hydrogen) atoms. The van der Waals surface area contributed by atoms with Crippen LogP contribution < -0.4 is 5.32 Å². The summed E-state index contributed by atoms with van der Waals surface area (Å²) in [5.41, 5.74) is 2.18. The van der Waals surface area contributed by atoms with E-state index in [-0.39, 0.29) is 11.9 Å². The third-order valence-corrected chi connectivity index (χ3v) is 6.04. The van der Waals surface area contributed by atoms with Crippen LogP contribution >= 0.6 is 0 Å². The number of fused-ring (bicyclic) bond motifs is 2. The summed E-state index contributed by atoms with van der Waals surface area (Å²) in [6, 6.07) is 1.89. The Morgan fingerprint density at radius 1 is 1.42 bits per heavy atom. The summed E-state index contributed by atoms with van der Waals surface area (Å²) < 4.78 is 7.13. The highest BCUT2D eigenvalue weighted by Crippen LogP contribution is 2.49. The van der Waals surface area contributed by atoms with Gasteiger partial charge in [0, 0.05) is 24.8 Å². The van der Waals surface area contributed by atoms with Gasteiger partial charge in [0.1, 0.15) is 0 Å². The van der Waals surface area contributed by atoms with E-state index in [0.717, 1.165) is 23.1 Å². The molecule has 2 aromatic rings. The lowest BCUT2D eigenvalue weighted by Gasteiger charge is -2.28. The minimum atomic E-state index is -0.151. The Kier molecular flexibility index (Phi) is 3.70. The zero-order chi connectivity index (χ0) is 16.8. The zero-order valence-electron chi connectivity index (χ0n) is 14.5. The SMILES string of the molecule is Cc1c(-c2cc(C(=O)N[C@@H](C)[C@@H]3C[C@H]4CC[C@H]3C4)no2)cnn1C. The number of nitrogens with one attached hydrogen (secondary N) is 1. The fourth-order valence-electron chi connectivity index (χ4n) is 4.54. The molecule has 2 saturated carbocycles. The molecule has 1 amide bonds. The van der Waals surface area contributed by atoms with Crippen molar-refractivity contribution in [3.8, 4) is 11.3 Å². The van der Waals surface area contributed by atoms with Gasteiger partial charge in [-0.25, -0.2) is 0 Å². The maximum absolute atomic E-state index is 12.5. The molecule has 128 valence electrons. The molecule has 0 saturated heterocycles. The Hall–Kier alpha value is -2.11. The molecule has 4 rings (SSSR count). The average molecular weight is 328 g/mol. The highest BCUT2D eigenvalue weighted by atomic mass is 16.5. The molecule has 0 radical (unpaired) electrons. The molecule has 4 atom stereocenters. The Morgan fingerprint density at radius 2 is 2.25 bits per heavy atom. The summed E-state index contributed by atoms with van der Waals surface area (Å²) in [7, 11) is 1.87. The maximum Gasteiger partial charge on any atom is 0.273 e. The van der Waals surface area contributed by atoms with E-state index in [9.17, 15) is 4.79 Å². The van der Waals surface area contributed by atoms with Gasteiger partial charge in [-0.15, -0.1) is 0 Å². The van der Waals surface area contributed by atoms with Gasteiger partial charge in [0.25, 0.3) is 5.91 Å². The quantitative estimate of drug-likeness (QED) is 0.936.